The maximum absolute atomic E-state index is 12.6. The summed E-state index contributed by atoms with van der Waals surface area (Å²) in [6.45, 7) is 2.61. The summed E-state index contributed by atoms with van der Waals surface area (Å²) >= 11 is 1.35. The summed E-state index contributed by atoms with van der Waals surface area (Å²) in [6.07, 6.45) is 0.616. The molecule has 3 aromatic rings. The number of hydrogen-bond donors (Lipinski definition) is 1. The van der Waals surface area contributed by atoms with E-state index in [2.05, 4.69) is 15.5 Å². The number of rotatable bonds is 6. The molecule has 4 rings (SSSR count). The number of nitrogens with zero attached hydrogens (tertiary/aromatic N) is 3. The van der Waals surface area contributed by atoms with E-state index in [0.29, 0.717) is 41.9 Å². The highest BCUT2D eigenvalue weighted by atomic mass is 32.1. The number of hydrogen-bond acceptors (Lipinski definition) is 8. The second-order valence-corrected chi connectivity index (χ2v) is 7.75. The van der Waals surface area contributed by atoms with Crippen molar-refractivity contribution in [3.63, 3.8) is 0 Å². The van der Waals surface area contributed by atoms with Crippen LogP contribution in [0.15, 0.2) is 34.9 Å². The lowest BCUT2D eigenvalue weighted by Crippen LogP contribution is -2.38. The van der Waals surface area contributed by atoms with Gasteiger partial charge < -0.3 is 18.9 Å². The lowest BCUT2D eigenvalue weighted by Gasteiger charge is -2.26. The lowest BCUT2D eigenvalue weighted by molar-refractivity contribution is -0.134. The van der Waals surface area contributed by atoms with Gasteiger partial charge in [0.25, 0.3) is 11.8 Å². The first-order chi connectivity index (χ1) is 14.5. The number of methoxy groups -OCH3 is 1. The maximum Gasteiger partial charge on any atom is 0.279 e. The summed E-state index contributed by atoms with van der Waals surface area (Å²) in [5.74, 6) is 1.16. The zero-order valence-corrected chi connectivity index (χ0v) is 17.3. The van der Waals surface area contributed by atoms with Crippen molar-refractivity contribution in [1.82, 2.24) is 15.0 Å². The Hall–Kier alpha value is -3.40. The molecule has 2 amide bonds. The summed E-state index contributed by atoms with van der Waals surface area (Å²) in [5.41, 5.74) is 1.09. The van der Waals surface area contributed by atoms with E-state index >= 15 is 0 Å². The van der Waals surface area contributed by atoms with Crippen LogP contribution in [0.5, 0.6) is 11.5 Å². The van der Waals surface area contributed by atoms with Crippen molar-refractivity contribution in [2.24, 2.45) is 0 Å². The topological polar surface area (TPSA) is 107 Å². The van der Waals surface area contributed by atoms with Gasteiger partial charge in [-0.1, -0.05) is 28.6 Å². The third kappa shape index (κ3) is 4.28. The van der Waals surface area contributed by atoms with E-state index in [4.69, 9.17) is 14.0 Å². The predicted molar refractivity (Wildman–Crippen MR) is 109 cm³/mol. The van der Waals surface area contributed by atoms with Crippen molar-refractivity contribution in [3.8, 4) is 11.5 Å². The standard InChI is InChI=1S/C20H20N4O5S/c1-12-9-14(23-29-12)19(26)22-20-21-13-7-8-24(10-17(13)30-20)18(25)11-28-16-6-4-3-5-15(16)27-2/h3-6,9H,7-8,10-11H2,1-2H3,(H,21,22,26). The van der Waals surface area contributed by atoms with Crippen LogP contribution < -0.4 is 14.8 Å². The molecule has 10 heteroatoms. The molecule has 3 heterocycles. The van der Waals surface area contributed by atoms with Crippen LogP contribution in [0.3, 0.4) is 0 Å². The highest BCUT2D eigenvalue weighted by Gasteiger charge is 2.25. The van der Waals surface area contributed by atoms with E-state index in [1.807, 2.05) is 12.1 Å². The molecule has 2 aromatic heterocycles. The Morgan fingerprint density at radius 1 is 1.30 bits per heavy atom. The number of amides is 2. The number of aryl methyl sites for hydroxylation is 1. The summed E-state index contributed by atoms with van der Waals surface area (Å²) < 4.78 is 15.8. The van der Waals surface area contributed by atoms with Crippen LogP contribution in [-0.4, -0.2) is 47.1 Å². The molecule has 0 saturated carbocycles. The van der Waals surface area contributed by atoms with Gasteiger partial charge in [0.2, 0.25) is 0 Å². The molecule has 0 fully saturated rings. The van der Waals surface area contributed by atoms with E-state index in [-0.39, 0.29) is 24.1 Å². The van der Waals surface area contributed by atoms with Gasteiger partial charge in [0.05, 0.1) is 19.3 Å². The van der Waals surface area contributed by atoms with E-state index in [1.54, 1.807) is 37.1 Å². The van der Waals surface area contributed by atoms with Crippen LogP contribution >= 0.6 is 11.3 Å². The first-order valence-electron chi connectivity index (χ1n) is 9.30. The molecule has 0 radical (unpaired) electrons. The number of nitrogens with one attached hydrogen (secondary N) is 1. The van der Waals surface area contributed by atoms with E-state index in [0.717, 1.165) is 10.6 Å². The molecule has 0 aliphatic carbocycles. The Kier molecular flexibility index (Phi) is 5.66. The number of benzene rings is 1. The third-order valence-corrected chi connectivity index (χ3v) is 5.58. The second kappa shape index (κ2) is 8.54. The molecule has 1 N–H and O–H groups in total. The predicted octanol–water partition coefficient (Wildman–Crippen LogP) is 2.66. The Labute approximate surface area is 176 Å². The van der Waals surface area contributed by atoms with Gasteiger partial charge >= 0.3 is 0 Å². The normalized spacial score (nSPS) is 12.9. The monoisotopic (exact) mass is 428 g/mol. The highest BCUT2D eigenvalue weighted by Crippen LogP contribution is 2.29. The minimum Gasteiger partial charge on any atom is -0.493 e. The number of fused-ring (bicyclic) bond motifs is 1. The van der Waals surface area contributed by atoms with Crippen LogP contribution in [-0.2, 0) is 17.8 Å². The fraction of sp³-hybridized carbons (Fsp3) is 0.300. The van der Waals surface area contributed by atoms with Gasteiger partial charge in [0.15, 0.2) is 28.9 Å². The van der Waals surface area contributed by atoms with Gasteiger partial charge in [0.1, 0.15) is 5.76 Å². The van der Waals surface area contributed by atoms with Crippen molar-refractivity contribution in [3.05, 3.63) is 52.4 Å². The van der Waals surface area contributed by atoms with Crippen molar-refractivity contribution >= 4 is 28.3 Å². The van der Waals surface area contributed by atoms with Crippen molar-refractivity contribution in [1.29, 1.82) is 0 Å². The molecule has 1 aromatic carbocycles. The van der Waals surface area contributed by atoms with E-state index in [9.17, 15) is 9.59 Å². The first kappa shape index (κ1) is 19.9. The van der Waals surface area contributed by atoms with Gasteiger partial charge in [-0.3, -0.25) is 14.9 Å². The molecule has 0 saturated heterocycles. The Morgan fingerprint density at radius 3 is 2.83 bits per heavy atom. The molecule has 0 atom stereocenters. The molecule has 1 aliphatic heterocycles. The molecular formula is C20H20N4O5S. The summed E-state index contributed by atoms with van der Waals surface area (Å²) in [7, 11) is 1.56. The number of para-hydroxylation sites is 2. The van der Waals surface area contributed by atoms with Crippen LogP contribution in [0.1, 0.15) is 26.8 Å². The average molecular weight is 428 g/mol. The third-order valence-electron chi connectivity index (χ3n) is 4.59. The molecule has 156 valence electrons. The minimum atomic E-state index is -0.379. The SMILES string of the molecule is COc1ccccc1OCC(=O)N1CCc2nc(NC(=O)c3cc(C)on3)sc2C1. The largest absolute Gasteiger partial charge is 0.493 e. The summed E-state index contributed by atoms with van der Waals surface area (Å²) in [6, 6.07) is 8.76. The molecule has 30 heavy (non-hydrogen) atoms. The first-order valence-corrected chi connectivity index (χ1v) is 10.1. The van der Waals surface area contributed by atoms with Gasteiger partial charge in [-0.05, 0) is 19.1 Å². The second-order valence-electron chi connectivity index (χ2n) is 6.67. The number of carbonyl (C=O) groups is 2. The van der Waals surface area contributed by atoms with Gasteiger partial charge in [0, 0.05) is 23.9 Å². The lowest BCUT2D eigenvalue weighted by atomic mass is 10.2. The number of carbonyl (C=O) groups excluding carboxylic acids is 2. The molecule has 0 bridgehead atoms. The summed E-state index contributed by atoms with van der Waals surface area (Å²) in [4.78, 5) is 32.0. The molecule has 0 spiro atoms. The fourth-order valence-electron chi connectivity index (χ4n) is 3.07. The maximum atomic E-state index is 12.6. The Morgan fingerprint density at radius 2 is 2.10 bits per heavy atom. The Balaban J connectivity index is 1.36. The van der Waals surface area contributed by atoms with E-state index < -0.39 is 0 Å². The average Bonchev–Trinajstić information content (AvgIpc) is 3.37. The van der Waals surface area contributed by atoms with Crippen LogP contribution in [0.2, 0.25) is 0 Å². The van der Waals surface area contributed by atoms with Gasteiger partial charge in [-0.15, -0.1) is 0 Å². The molecule has 0 unspecified atom stereocenters. The number of ether oxygens (including phenoxy) is 2. The zero-order chi connectivity index (χ0) is 21.1. The van der Waals surface area contributed by atoms with Crippen LogP contribution in [0.4, 0.5) is 5.13 Å². The van der Waals surface area contributed by atoms with Crippen LogP contribution in [0.25, 0.3) is 0 Å². The minimum absolute atomic E-state index is 0.0797. The zero-order valence-electron chi connectivity index (χ0n) is 16.5. The van der Waals surface area contributed by atoms with E-state index in [1.165, 1.54) is 11.3 Å². The smallest absolute Gasteiger partial charge is 0.279 e. The summed E-state index contributed by atoms with van der Waals surface area (Å²) in [5, 5.41) is 6.91. The number of anilines is 1. The van der Waals surface area contributed by atoms with Crippen molar-refractivity contribution in [2.75, 3.05) is 25.6 Å². The fourth-order valence-corrected chi connectivity index (χ4v) is 4.08. The molecule has 1 aliphatic rings. The van der Waals surface area contributed by atoms with Crippen molar-refractivity contribution < 1.29 is 23.6 Å². The number of aromatic nitrogens is 2. The quantitative estimate of drug-likeness (QED) is 0.643. The van der Waals surface area contributed by atoms with Gasteiger partial charge in [-0.25, -0.2) is 4.98 Å². The molecular weight excluding hydrogens is 408 g/mol. The molecule has 9 nitrogen and oxygen atoms in total. The van der Waals surface area contributed by atoms with Crippen molar-refractivity contribution in [2.45, 2.75) is 19.9 Å². The number of thiazole rings is 1. The highest BCUT2D eigenvalue weighted by molar-refractivity contribution is 7.15. The van der Waals surface area contributed by atoms with Gasteiger partial charge in [-0.2, -0.15) is 0 Å². The van der Waals surface area contributed by atoms with Crippen LogP contribution in [0, 0.1) is 6.92 Å². The Bertz CT molecular complexity index is 1080.